The van der Waals surface area contributed by atoms with Crippen LogP contribution in [0.25, 0.3) is 0 Å². The maximum atomic E-state index is 13.6. The molecule has 1 aromatic carbocycles. The molecule has 2 unspecified atom stereocenters. The lowest BCUT2D eigenvalue weighted by Crippen LogP contribution is -2.11. The van der Waals surface area contributed by atoms with Crippen LogP contribution in [-0.2, 0) is 0 Å². The molecule has 0 aliphatic heterocycles. The molecule has 0 bridgehead atoms. The van der Waals surface area contributed by atoms with Crippen molar-refractivity contribution in [3.63, 3.8) is 0 Å². The fraction of sp³-hybridized carbons (Fsp3) is 0.417. The van der Waals surface area contributed by atoms with E-state index in [9.17, 15) is 9.18 Å². The highest BCUT2D eigenvalue weighted by atomic mass is 19.1. The van der Waals surface area contributed by atoms with E-state index in [0.717, 1.165) is 12.8 Å². The number of hydrogen-bond donors (Lipinski definition) is 1. The molecular weight excluding hydrogens is 211 g/mol. The Balaban J connectivity index is 2.28. The molecule has 3 nitrogen and oxygen atoms in total. The first kappa shape index (κ1) is 10.9. The standard InChI is InChI=1S/C12H13FO3/c13-10-6-3-5-8(10)9-4-1-2-7-11(9)16-12(14)15/h1-2,4,7-8,10H,3,5-6H2,(H,14,15). The van der Waals surface area contributed by atoms with Gasteiger partial charge in [0.1, 0.15) is 11.9 Å². The Bertz CT molecular complexity index is 392. The number of ether oxygens (including phenoxy) is 1. The third kappa shape index (κ3) is 2.15. The van der Waals surface area contributed by atoms with E-state index in [-0.39, 0.29) is 11.7 Å². The minimum absolute atomic E-state index is 0.226. The number of alkyl halides is 1. The molecule has 0 spiro atoms. The van der Waals surface area contributed by atoms with Crippen molar-refractivity contribution < 1.29 is 19.0 Å². The molecule has 4 heteroatoms. The zero-order chi connectivity index (χ0) is 11.5. The molecule has 1 saturated carbocycles. The summed E-state index contributed by atoms with van der Waals surface area (Å²) in [4.78, 5) is 10.5. The quantitative estimate of drug-likeness (QED) is 0.619. The summed E-state index contributed by atoms with van der Waals surface area (Å²) in [7, 11) is 0. The summed E-state index contributed by atoms with van der Waals surface area (Å²) in [6.45, 7) is 0. The van der Waals surface area contributed by atoms with Crippen molar-refractivity contribution in [3.05, 3.63) is 29.8 Å². The van der Waals surface area contributed by atoms with E-state index >= 15 is 0 Å². The van der Waals surface area contributed by atoms with Crippen LogP contribution in [0.15, 0.2) is 24.3 Å². The Hall–Kier alpha value is -1.58. The van der Waals surface area contributed by atoms with E-state index in [1.54, 1.807) is 24.3 Å². The molecule has 86 valence electrons. The largest absolute Gasteiger partial charge is 0.511 e. The first-order valence-electron chi connectivity index (χ1n) is 5.32. The number of hydrogen-bond acceptors (Lipinski definition) is 2. The van der Waals surface area contributed by atoms with E-state index in [1.807, 2.05) is 0 Å². The minimum atomic E-state index is -1.36. The van der Waals surface area contributed by atoms with Gasteiger partial charge < -0.3 is 9.84 Å². The molecule has 2 rings (SSSR count). The van der Waals surface area contributed by atoms with Crippen molar-refractivity contribution >= 4 is 6.16 Å². The Morgan fingerprint density at radius 1 is 1.38 bits per heavy atom. The Morgan fingerprint density at radius 2 is 2.12 bits per heavy atom. The molecule has 1 aromatic rings. The zero-order valence-corrected chi connectivity index (χ0v) is 8.73. The lowest BCUT2D eigenvalue weighted by Gasteiger charge is -2.15. The SMILES string of the molecule is O=C(O)Oc1ccccc1C1CCCC1F. The summed E-state index contributed by atoms with van der Waals surface area (Å²) < 4.78 is 18.2. The van der Waals surface area contributed by atoms with Crippen molar-refractivity contribution in [1.82, 2.24) is 0 Å². The Morgan fingerprint density at radius 3 is 2.75 bits per heavy atom. The molecule has 0 saturated heterocycles. The first-order valence-corrected chi connectivity index (χ1v) is 5.32. The van der Waals surface area contributed by atoms with E-state index in [1.165, 1.54) is 0 Å². The summed E-state index contributed by atoms with van der Waals surface area (Å²) >= 11 is 0. The summed E-state index contributed by atoms with van der Waals surface area (Å²) in [6, 6.07) is 6.76. The predicted octanol–water partition coefficient (Wildman–Crippen LogP) is 3.35. The smallest absolute Gasteiger partial charge is 0.449 e. The monoisotopic (exact) mass is 224 g/mol. The van der Waals surface area contributed by atoms with E-state index < -0.39 is 12.3 Å². The van der Waals surface area contributed by atoms with Crippen LogP contribution in [0.4, 0.5) is 9.18 Å². The summed E-state index contributed by atoms with van der Waals surface area (Å²) in [5.41, 5.74) is 0.662. The molecule has 16 heavy (non-hydrogen) atoms. The lowest BCUT2D eigenvalue weighted by molar-refractivity contribution is 0.143. The van der Waals surface area contributed by atoms with Crippen molar-refractivity contribution in [2.24, 2.45) is 0 Å². The molecule has 1 aliphatic carbocycles. The van der Waals surface area contributed by atoms with Crippen molar-refractivity contribution in [1.29, 1.82) is 0 Å². The molecule has 0 aromatic heterocycles. The van der Waals surface area contributed by atoms with Crippen molar-refractivity contribution in [2.45, 2.75) is 31.4 Å². The minimum Gasteiger partial charge on any atom is -0.449 e. The topological polar surface area (TPSA) is 46.5 Å². The molecule has 1 N–H and O–H groups in total. The van der Waals surface area contributed by atoms with E-state index in [4.69, 9.17) is 5.11 Å². The zero-order valence-electron chi connectivity index (χ0n) is 8.73. The highest BCUT2D eigenvalue weighted by Crippen LogP contribution is 2.40. The van der Waals surface area contributed by atoms with Crippen LogP contribution < -0.4 is 4.74 Å². The van der Waals surface area contributed by atoms with E-state index in [0.29, 0.717) is 12.0 Å². The van der Waals surface area contributed by atoms with Crippen LogP contribution in [0, 0.1) is 0 Å². The van der Waals surface area contributed by atoms with Gasteiger partial charge in [0, 0.05) is 11.5 Å². The highest BCUT2D eigenvalue weighted by Gasteiger charge is 2.30. The van der Waals surface area contributed by atoms with Gasteiger partial charge in [0.2, 0.25) is 0 Å². The Labute approximate surface area is 92.9 Å². The molecule has 1 aliphatic rings. The number of halogens is 1. The van der Waals surface area contributed by atoms with Gasteiger partial charge in [0.25, 0.3) is 0 Å². The van der Waals surface area contributed by atoms with Crippen LogP contribution in [0.5, 0.6) is 5.75 Å². The van der Waals surface area contributed by atoms with Gasteiger partial charge in [0.15, 0.2) is 0 Å². The fourth-order valence-corrected chi connectivity index (χ4v) is 2.24. The van der Waals surface area contributed by atoms with Gasteiger partial charge >= 0.3 is 6.16 Å². The van der Waals surface area contributed by atoms with Gasteiger partial charge in [-0.1, -0.05) is 18.2 Å². The first-order chi connectivity index (χ1) is 7.68. The van der Waals surface area contributed by atoms with Crippen LogP contribution >= 0.6 is 0 Å². The highest BCUT2D eigenvalue weighted by molar-refractivity contribution is 5.62. The number of rotatable bonds is 2. The number of carbonyl (C=O) groups is 1. The second kappa shape index (κ2) is 4.51. The molecule has 0 radical (unpaired) electrons. The second-order valence-corrected chi connectivity index (χ2v) is 3.96. The fourth-order valence-electron chi connectivity index (χ4n) is 2.24. The molecule has 2 atom stereocenters. The molecule has 0 heterocycles. The van der Waals surface area contributed by atoms with Crippen LogP contribution in [0.2, 0.25) is 0 Å². The summed E-state index contributed by atoms with van der Waals surface area (Å²) in [6.07, 6.45) is -0.111. The van der Waals surface area contributed by atoms with E-state index in [2.05, 4.69) is 4.74 Å². The number of para-hydroxylation sites is 1. The molecular formula is C12H13FO3. The van der Waals surface area contributed by atoms with Crippen LogP contribution in [0.1, 0.15) is 30.7 Å². The van der Waals surface area contributed by atoms with Crippen molar-refractivity contribution in [2.75, 3.05) is 0 Å². The van der Waals surface area contributed by atoms with Crippen LogP contribution in [-0.4, -0.2) is 17.4 Å². The third-order valence-electron chi connectivity index (χ3n) is 2.95. The van der Waals surface area contributed by atoms with Gasteiger partial charge in [-0.3, -0.25) is 0 Å². The van der Waals surface area contributed by atoms with Gasteiger partial charge in [-0.05, 0) is 25.3 Å². The average molecular weight is 224 g/mol. The van der Waals surface area contributed by atoms with Gasteiger partial charge in [-0.2, -0.15) is 0 Å². The Kier molecular flexibility index (Phi) is 3.08. The predicted molar refractivity (Wildman–Crippen MR) is 56.6 cm³/mol. The third-order valence-corrected chi connectivity index (χ3v) is 2.95. The number of benzene rings is 1. The molecule has 1 fully saturated rings. The average Bonchev–Trinajstić information content (AvgIpc) is 2.64. The maximum absolute atomic E-state index is 13.6. The molecule has 0 amide bonds. The summed E-state index contributed by atoms with van der Waals surface area (Å²) in [5.74, 6) is 0.0279. The van der Waals surface area contributed by atoms with Crippen LogP contribution in [0.3, 0.4) is 0 Å². The van der Waals surface area contributed by atoms with Gasteiger partial charge in [-0.15, -0.1) is 0 Å². The second-order valence-electron chi connectivity index (χ2n) is 3.96. The number of carboxylic acid groups (broad SMARTS) is 1. The maximum Gasteiger partial charge on any atom is 0.511 e. The normalized spacial score (nSPS) is 24.3. The lowest BCUT2D eigenvalue weighted by atomic mass is 9.95. The van der Waals surface area contributed by atoms with Gasteiger partial charge in [0.05, 0.1) is 0 Å². The summed E-state index contributed by atoms with van der Waals surface area (Å²) in [5, 5.41) is 8.58. The van der Waals surface area contributed by atoms with Crippen molar-refractivity contribution in [3.8, 4) is 5.75 Å². The van der Waals surface area contributed by atoms with Gasteiger partial charge in [-0.25, -0.2) is 9.18 Å².